The second-order valence-corrected chi connectivity index (χ2v) is 3.22. The molecule has 82 valence electrons. The van der Waals surface area contributed by atoms with E-state index in [0.717, 1.165) is 11.3 Å². The lowest BCUT2D eigenvalue weighted by molar-refractivity contribution is -0.119. The third-order valence-corrected chi connectivity index (χ3v) is 2.05. The molecule has 1 aromatic heterocycles. The number of H-pyrrole nitrogens is 1. The monoisotopic (exact) mass is 217 g/mol. The largest absolute Gasteiger partial charge is 0.483 e. The Morgan fingerprint density at radius 3 is 2.94 bits per heavy atom. The minimum absolute atomic E-state index is 0.134. The SMILES string of the molecule is NC(=O)COc1ccccc1-c1cnc[nH]1. The van der Waals surface area contributed by atoms with E-state index in [-0.39, 0.29) is 6.61 Å². The zero-order valence-electron chi connectivity index (χ0n) is 8.51. The number of carbonyl (C=O) groups excluding carboxylic acids is 1. The number of carbonyl (C=O) groups is 1. The zero-order valence-corrected chi connectivity index (χ0v) is 8.51. The molecule has 0 atom stereocenters. The molecule has 1 amide bonds. The first-order valence-corrected chi connectivity index (χ1v) is 4.76. The van der Waals surface area contributed by atoms with Crippen molar-refractivity contribution in [3.8, 4) is 17.0 Å². The number of hydrogen-bond acceptors (Lipinski definition) is 3. The number of hydrogen-bond donors (Lipinski definition) is 2. The maximum Gasteiger partial charge on any atom is 0.255 e. The topological polar surface area (TPSA) is 81.0 Å². The molecule has 2 rings (SSSR count). The predicted molar refractivity (Wildman–Crippen MR) is 58.7 cm³/mol. The highest BCUT2D eigenvalue weighted by atomic mass is 16.5. The molecule has 0 radical (unpaired) electrons. The first-order chi connectivity index (χ1) is 7.77. The van der Waals surface area contributed by atoms with Gasteiger partial charge in [0.15, 0.2) is 6.61 Å². The lowest BCUT2D eigenvalue weighted by atomic mass is 10.1. The van der Waals surface area contributed by atoms with Crippen LogP contribution in [0.5, 0.6) is 5.75 Å². The van der Waals surface area contributed by atoms with Crippen LogP contribution in [0.4, 0.5) is 0 Å². The molecule has 5 heteroatoms. The molecule has 0 spiro atoms. The van der Waals surface area contributed by atoms with Gasteiger partial charge in [-0.1, -0.05) is 12.1 Å². The van der Waals surface area contributed by atoms with Crippen LogP contribution in [-0.2, 0) is 4.79 Å². The van der Waals surface area contributed by atoms with Crippen LogP contribution in [0.25, 0.3) is 11.3 Å². The van der Waals surface area contributed by atoms with Crippen LogP contribution in [0, 0.1) is 0 Å². The Bertz CT molecular complexity index is 480. The van der Waals surface area contributed by atoms with Crippen molar-refractivity contribution in [2.45, 2.75) is 0 Å². The molecule has 2 aromatic rings. The summed E-state index contributed by atoms with van der Waals surface area (Å²) in [6.07, 6.45) is 3.27. The van der Waals surface area contributed by atoms with Crippen molar-refractivity contribution in [2.24, 2.45) is 5.73 Å². The van der Waals surface area contributed by atoms with Crippen molar-refractivity contribution in [1.82, 2.24) is 9.97 Å². The number of aromatic amines is 1. The number of nitrogens with zero attached hydrogens (tertiary/aromatic N) is 1. The number of amides is 1. The molecule has 16 heavy (non-hydrogen) atoms. The van der Waals surface area contributed by atoms with E-state index in [4.69, 9.17) is 10.5 Å². The number of nitrogens with two attached hydrogens (primary N) is 1. The van der Waals surface area contributed by atoms with Gasteiger partial charge in [0.25, 0.3) is 5.91 Å². The van der Waals surface area contributed by atoms with Gasteiger partial charge in [0.1, 0.15) is 5.75 Å². The summed E-state index contributed by atoms with van der Waals surface area (Å²) in [5.74, 6) is 0.102. The van der Waals surface area contributed by atoms with Crippen LogP contribution in [0.15, 0.2) is 36.8 Å². The van der Waals surface area contributed by atoms with E-state index in [2.05, 4.69) is 9.97 Å². The molecule has 0 saturated carbocycles. The van der Waals surface area contributed by atoms with Gasteiger partial charge in [-0.05, 0) is 12.1 Å². The average Bonchev–Trinajstić information content (AvgIpc) is 2.80. The first kappa shape index (κ1) is 10.2. The Morgan fingerprint density at radius 2 is 2.25 bits per heavy atom. The number of aromatic nitrogens is 2. The van der Waals surface area contributed by atoms with Crippen LogP contribution < -0.4 is 10.5 Å². The summed E-state index contributed by atoms with van der Waals surface area (Å²) >= 11 is 0. The van der Waals surface area contributed by atoms with Crippen molar-refractivity contribution >= 4 is 5.91 Å². The van der Waals surface area contributed by atoms with Gasteiger partial charge in [0.05, 0.1) is 18.2 Å². The van der Waals surface area contributed by atoms with Crippen molar-refractivity contribution in [1.29, 1.82) is 0 Å². The number of para-hydroxylation sites is 1. The molecule has 0 unspecified atom stereocenters. The molecule has 0 aliphatic heterocycles. The van der Waals surface area contributed by atoms with Gasteiger partial charge in [-0.25, -0.2) is 4.98 Å². The fourth-order valence-electron chi connectivity index (χ4n) is 1.37. The summed E-state index contributed by atoms with van der Waals surface area (Å²) in [6.45, 7) is -0.134. The molecule has 0 aliphatic carbocycles. The molecule has 1 heterocycles. The number of primary amides is 1. The quantitative estimate of drug-likeness (QED) is 0.799. The van der Waals surface area contributed by atoms with E-state index in [1.54, 1.807) is 18.6 Å². The Kier molecular flexibility index (Phi) is 2.86. The van der Waals surface area contributed by atoms with Crippen molar-refractivity contribution in [3.05, 3.63) is 36.8 Å². The van der Waals surface area contributed by atoms with Crippen molar-refractivity contribution in [3.63, 3.8) is 0 Å². The lowest BCUT2D eigenvalue weighted by Gasteiger charge is -2.08. The summed E-state index contributed by atoms with van der Waals surface area (Å²) in [4.78, 5) is 17.6. The molecule has 5 nitrogen and oxygen atoms in total. The van der Waals surface area contributed by atoms with Gasteiger partial charge < -0.3 is 15.5 Å². The maximum atomic E-state index is 10.6. The molecule has 0 fully saturated rings. The highest BCUT2D eigenvalue weighted by Crippen LogP contribution is 2.27. The minimum atomic E-state index is -0.501. The Labute approximate surface area is 92.3 Å². The van der Waals surface area contributed by atoms with Crippen molar-refractivity contribution in [2.75, 3.05) is 6.61 Å². The average molecular weight is 217 g/mol. The molecule has 0 saturated heterocycles. The fourth-order valence-corrected chi connectivity index (χ4v) is 1.37. The molecule has 0 aliphatic rings. The van der Waals surface area contributed by atoms with Gasteiger partial charge in [-0.15, -0.1) is 0 Å². The number of benzene rings is 1. The number of nitrogens with one attached hydrogen (secondary N) is 1. The van der Waals surface area contributed by atoms with Gasteiger partial charge in [-0.3, -0.25) is 4.79 Å². The summed E-state index contributed by atoms with van der Waals surface area (Å²) in [5, 5.41) is 0. The fraction of sp³-hybridized carbons (Fsp3) is 0.0909. The van der Waals surface area contributed by atoms with Crippen LogP contribution >= 0.6 is 0 Å². The molecule has 3 N–H and O–H groups in total. The minimum Gasteiger partial charge on any atom is -0.483 e. The number of ether oxygens (including phenoxy) is 1. The van der Waals surface area contributed by atoms with E-state index in [0.29, 0.717) is 5.75 Å². The van der Waals surface area contributed by atoms with E-state index in [1.165, 1.54) is 0 Å². The van der Waals surface area contributed by atoms with Crippen molar-refractivity contribution < 1.29 is 9.53 Å². The van der Waals surface area contributed by atoms with E-state index >= 15 is 0 Å². The standard InChI is InChI=1S/C11H11N3O2/c12-11(15)6-16-10-4-2-1-3-8(10)9-5-13-7-14-9/h1-5,7H,6H2,(H2,12,15)(H,13,14). The highest BCUT2D eigenvalue weighted by Gasteiger charge is 2.07. The summed E-state index contributed by atoms with van der Waals surface area (Å²) in [6, 6.07) is 7.37. The summed E-state index contributed by atoms with van der Waals surface area (Å²) in [5.41, 5.74) is 6.71. The third kappa shape index (κ3) is 2.20. The van der Waals surface area contributed by atoms with Crippen LogP contribution in [0.1, 0.15) is 0 Å². The normalized spacial score (nSPS) is 10.0. The van der Waals surface area contributed by atoms with Gasteiger partial charge in [0, 0.05) is 5.56 Å². The highest BCUT2D eigenvalue weighted by molar-refractivity contribution is 5.76. The molecular weight excluding hydrogens is 206 g/mol. The maximum absolute atomic E-state index is 10.6. The molecule has 0 bridgehead atoms. The molecule has 1 aromatic carbocycles. The van der Waals surface area contributed by atoms with Crippen LogP contribution in [0.2, 0.25) is 0 Å². The smallest absolute Gasteiger partial charge is 0.255 e. The second-order valence-electron chi connectivity index (χ2n) is 3.22. The molecular formula is C11H11N3O2. The van der Waals surface area contributed by atoms with E-state index in [1.807, 2.05) is 18.2 Å². The Morgan fingerprint density at radius 1 is 1.44 bits per heavy atom. The summed E-state index contributed by atoms with van der Waals surface area (Å²) < 4.78 is 5.30. The van der Waals surface area contributed by atoms with E-state index < -0.39 is 5.91 Å². The van der Waals surface area contributed by atoms with Gasteiger partial charge in [0.2, 0.25) is 0 Å². The summed E-state index contributed by atoms with van der Waals surface area (Å²) in [7, 11) is 0. The predicted octanol–water partition coefficient (Wildman–Crippen LogP) is 0.941. The Balaban J connectivity index is 2.27. The van der Waals surface area contributed by atoms with Crippen LogP contribution in [-0.4, -0.2) is 22.5 Å². The number of imidazole rings is 1. The number of rotatable bonds is 4. The van der Waals surface area contributed by atoms with E-state index in [9.17, 15) is 4.79 Å². The van der Waals surface area contributed by atoms with Gasteiger partial charge >= 0.3 is 0 Å². The van der Waals surface area contributed by atoms with Crippen LogP contribution in [0.3, 0.4) is 0 Å². The zero-order chi connectivity index (χ0) is 11.4. The third-order valence-electron chi connectivity index (χ3n) is 2.05. The second kappa shape index (κ2) is 4.48. The van der Waals surface area contributed by atoms with Gasteiger partial charge in [-0.2, -0.15) is 0 Å². The Hall–Kier alpha value is -2.30. The lowest BCUT2D eigenvalue weighted by Crippen LogP contribution is -2.20. The first-order valence-electron chi connectivity index (χ1n) is 4.76.